The highest BCUT2D eigenvalue weighted by Crippen LogP contribution is 2.52. The lowest BCUT2D eigenvalue weighted by atomic mass is 9.98. The molecule has 0 saturated heterocycles. The zero-order valence-electron chi connectivity index (χ0n) is 21.4. The predicted octanol–water partition coefficient (Wildman–Crippen LogP) is 8.00. The third-order valence-electron chi connectivity index (χ3n) is 8.72. The molecule has 0 amide bonds. The minimum Gasteiger partial charge on any atom is -0.478 e. The van der Waals surface area contributed by atoms with E-state index in [0.717, 1.165) is 15.6 Å². The average molecular weight is 542 g/mol. The molecule has 0 spiro atoms. The first-order valence-corrected chi connectivity index (χ1v) is 14.3. The summed E-state index contributed by atoms with van der Waals surface area (Å²) in [6, 6.07) is 26.2. The summed E-state index contributed by atoms with van der Waals surface area (Å²) in [7, 11) is 0. The normalized spacial score (nSPS) is 20.5. The second kappa shape index (κ2) is 8.47. The summed E-state index contributed by atoms with van der Waals surface area (Å²) in [5.41, 5.74) is 5.26. The fraction of sp³-hybridized carbons (Fsp3) is 0.147. The molecule has 2 heterocycles. The highest BCUT2D eigenvalue weighted by Gasteiger charge is 2.41. The number of carboxylic acids is 1. The van der Waals surface area contributed by atoms with E-state index in [0.29, 0.717) is 12.0 Å². The zero-order chi connectivity index (χ0) is 27.1. The Labute approximate surface area is 234 Å². The molecule has 2 aliphatic carbocycles. The highest BCUT2D eigenvalue weighted by molar-refractivity contribution is 7.25. The van der Waals surface area contributed by atoms with E-state index < -0.39 is 11.8 Å². The number of hydrogen-bond donors (Lipinski definition) is 1. The number of carbonyl (C=O) groups is 3. The van der Waals surface area contributed by atoms with E-state index in [-0.39, 0.29) is 28.0 Å². The van der Waals surface area contributed by atoms with Gasteiger partial charge in [0, 0.05) is 54.6 Å². The quantitative estimate of drug-likeness (QED) is 0.185. The van der Waals surface area contributed by atoms with Crippen LogP contribution in [0.5, 0.6) is 0 Å². The lowest BCUT2D eigenvalue weighted by Crippen LogP contribution is -2.26. The van der Waals surface area contributed by atoms with Crippen molar-refractivity contribution in [3.8, 4) is 0 Å². The monoisotopic (exact) mass is 541 g/mol. The number of anilines is 2. The number of carbonyl (C=O) groups excluding carboxylic acids is 2. The maximum Gasteiger partial charge on any atom is 0.335 e. The van der Waals surface area contributed by atoms with Gasteiger partial charge in [-0.2, -0.15) is 0 Å². The standard InChI is InChI=1S/C34H23NO4S/c36-32-25-12-9-19(34(38)39)16-26(25)33(37)27(32)14-18-8-11-23-24-13-10-20(17-31(24)40-30(23)15-18)35-28-6-2-1-4-21(28)22-5-3-7-29(22)35/h1-2,4,6,8-17,22,29H,3,5,7H2,(H,38,39)/b27-14+. The van der Waals surface area contributed by atoms with E-state index in [1.165, 1.54) is 64.5 Å². The van der Waals surface area contributed by atoms with Crippen molar-refractivity contribution in [3.63, 3.8) is 0 Å². The number of nitrogens with zero attached hydrogens (tertiary/aromatic N) is 1. The second-order valence-corrected chi connectivity index (χ2v) is 11.9. The number of fused-ring (bicyclic) bond motifs is 7. The van der Waals surface area contributed by atoms with Gasteiger partial charge in [0.05, 0.1) is 11.1 Å². The number of rotatable bonds is 3. The molecule has 6 heteroatoms. The van der Waals surface area contributed by atoms with E-state index in [2.05, 4.69) is 53.4 Å². The fourth-order valence-corrected chi connectivity index (χ4v) is 8.11. The van der Waals surface area contributed by atoms with Crippen LogP contribution in [0.1, 0.15) is 67.4 Å². The van der Waals surface area contributed by atoms with Crippen molar-refractivity contribution in [1.29, 1.82) is 0 Å². The van der Waals surface area contributed by atoms with Crippen LogP contribution in [0.25, 0.3) is 26.2 Å². The lowest BCUT2D eigenvalue weighted by molar-refractivity contribution is 0.0696. The van der Waals surface area contributed by atoms with Crippen molar-refractivity contribution in [2.45, 2.75) is 31.2 Å². The van der Waals surface area contributed by atoms with E-state index >= 15 is 0 Å². The molecule has 3 aliphatic rings. The molecular weight excluding hydrogens is 518 g/mol. The Morgan fingerprint density at radius 2 is 1.62 bits per heavy atom. The van der Waals surface area contributed by atoms with Crippen molar-refractivity contribution in [2.75, 3.05) is 4.90 Å². The Hall–Kier alpha value is -4.55. The van der Waals surface area contributed by atoms with E-state index in [4.69, 9.17) is 0 Å². The van der Waals surface area contributed by atoms with Crippen molar-refractivity contribution in [1.82, 2.24) is 0 Å². The van der Waals surface area contributed by atoms with Crippen LogP contribution >= 0.6 is 11.3 Å². The van der Waals surface area contributed by atoms with Gasteiger partial charge < -0.3 is 10.0 Å². The molecule has 1 fully saturated rings. The van der Waals surface area contributed by atoms with Gasteiger partial charge in [-0.3, -0.25) is 9.59 Å². The van der Waals surface area contributed by atoms with Crippen LogP contribution in [0.15, 0.2) is 84.4 Å². The number of hydrogen-bond acceptors (Lipinski definition) is 5. The minimum absolute atomic E-state index is 0.00640. The predicted molar refractivity (Wildman–Crippen MR) is 158 cm³/mol. The molecule has 0 radical (unpaired) electrons. The summed E-state index contributed by atoms with van der Waals surface area (Å²) < 4.78 is 2.29. The third-order valence-corrected chi connectivity index (χ3v) is 9.84. The molecule has 40 heavy (non-hydrogen) atoms. The first-order chi connectivity index (χ1) is 19.5. The molecule has 194 valence electrons. The maximum atomic E-state index is 13.0. The minimum atomic E-state index is -1.13. The van der Waals surface area contributed by atoms with Gasteiger partial charge in [0.2, 0.25) is 0 Å². The Kier molecular flexibility index (Phi) is 4.95. The van der Waals surface area contributed by atoms with Gasteiger partial charge in [-0.15, -0.1) is 11.3 Å². The van der Waals surface area contributed by atoms with E-state index in [9.17, 15) is 19.5 Å². The molecule has 8 rings (SSSR count). The largest absolute Gasteiger partial charge is 0.478 e. The molecule has 1 saturated carbocycles. The molecule has 2 atom stereocenters. The number of para-hydroxylation sites is 1. The van der Waals surface area contributed by atoms with Gasteiger partial charge in [-0.1, -0.05) is 42.8 Å². The number of Topliss-reactive ketones (excluding diaryl/α,β-unsaturated/α-hetero) is 2. The van der Waals surface area contributed by atoms with Gasteiger partial charge in [0.15, 0.2) is 11.6 Å². The van der Waals surface area contributed by atoms with Crippen LogP contribution in [-0.2, 0) is 0 Å². The fourth-order valence-electron chi connectivity index (χ4n) is 6.92. The Morgan fingerprint density at radius 1 is 0.850 bits per heavy atom. The van der Waals surface area contributed by atoms with Crippen LogP contribution in [0.2, 0.25) is 0 Å². The Morgan fingerprint density at radius 3 is 2.48 bits per heavy atom. The van der Waals surface area contributed by atoms with Gasteiger partial charge in [-0.05, 0) is 72.5 Å². The summed E-state index contributed by atoms with van der Waals surface area (Å²) in [4.78, 5) is 39.9. The topological polar surface area (TPSA) is 74.7 Å². The van der Waals surface area contributed by atoms with Crippen molar-refractivity contribution in [3.05, 3.63) is 112 Å². The Balaban J connectivity index is 1.17. The van der Waals surface area contributed by atoms with Crippen LogP contribution in [-0.4, -0.2) is 28.7 Å². The number of carboxylic acid groups (broad SMARTS) is 1. The van der Waals surface area contributed by atoms with Crippen molar-refractivity contribution in [2.24, 2.45) is 0 Å². The molecule has 1 N–H and O–H groups in total. The maximum absolute atomic E-state index is 13.0. The molecule has 5 aromatic rings. The summed E-state index contributed by atoms with van der Waals surface area (Å²) >= 11 is 1.72. The first kappa shape index (κ1) is 23.3. The number of aromatic carboxylic acids is 1. The third kappa shape index (κ3) is 3.29. The second-order valence-electron chi connectivity index (χ2n) is 10.9. The summed E-state index contributed by atoms with van der Waals surface area (Å²) in [6.45, 7) is 0. The van der Waals surface area contributed by atoms with Gasteiger partial charge in [-0.25, -0.2) is 4.79 Å². The van der Waals surface area contributed by atoms with Gasteiger partial charge in [0.1, 0.15) is 0 Å². The first-order valence-electron chi connectivity index (χ1n) is 13.5. The number of thiophene rings is 1. The van der Waals surface area contributed by atoms with Crippen LogP contribution < -0.4 is 4.90 Å². The van der Waals surface area contributed by atoms with Crippen molar-refractivity contribution >= 4 is 66.5 Å². The van der Waals surface area contributed by atoms with Crippen LogP contribution in [0.3, 0.4) is 0 Å². The van der Waals surface area contributed by atoms with Crippen LogP contribution in [0.4, 0.5) is 11.4 Å². The Bertz CT molecular complexity index is 1980. The molecule has 1 aromatic heterocycles. The summed E-state index contributed by atoms with van der Waals surface area (Å²) in [6.07, 6.45) is 5.35. The average Bonchev–Trinajstić information content (AvgIpc) is 3.70. The number of allylic oxidation sites excluding steroid dienone is 1. The van der Waals surface area contributed by atoms with Crippen molar-refractivity contribution < 1.29 is 19.5 Å². The SMILES string of the molecule is O=C(O)c1ccc2c(c1)C(=O)/C(=C/c1ccc3c(c1)sc1cc(N4c5ccccc5C5CCCC54)ccc13)C2=O. The molecule has 5 nitrogen and oxygen atoms in total. The van der Waals surface area contributed by atoms with E-state index in [1.54, 1.807) is 17.4 Å². The van der Waals surface area contributed by atoms with E-state index in [1.807, 2.05) is 12.1 Å². The highest BCUT2D eigenvalue weighted by atomic mass is 32.1. The smallest absolute Gasteiger partial charge is 0.335 e. The zero-order valence-corrected chi connectivity index (χ0v) is 22.2. The molecule has 2 unspecified atom stereocenters. The summed E-state index contributed by atoms with van der Waals surface area (Å²) in [5.74, 6) is -1.32. The summed E-state index contributed by atoms with van der Waals surface area (Å²) in [5, 5.41) is 11.6. The van der Waals surface area contributed by atoms with Gasteiger partial charge in [0.25, 0.3) is 0 Å². The number of benzene rings is 4. The van der Waals surface area contributed by atoms with Gasteiger partial charge >= 0.3 is 5.97 Å². The molecular formula is C34H23NO4S. The number of ketones is 2. The molecule has 1 aliphatic heterocycles. The lowest BCUT2D eigenvalue weighted by Gasteiger charge is -2.27. The molecule has 4 aromatic carbocycles. The van der Waals surface area contributed by atoms with Crippen LogP contribution in [0, 0.1) is 0 Å². The molecule has 0 bridgehead atoms.